The normalized spacial score (nSPS) is 20.0. The van der Waals surface area contributed by atoms with Crippen LogP contribution in [0.3, 0.4) is 0 Å². The molecule has 0 aromatic heterocycles. The van der Waals surface area contributed by atoms with E-state index in [-0.39, 0.29) is 6.10 Å². The van der Waals surface area contributed by atoms with Crippen LogP contribution < -0.4 is 0 Å². The maximum absolute atomic E-state index is 13.0. The van der Waals surface area contributed by atoms with Crippen molar-refractivity contribution in [2.45, 2.75) is 17.9 Å². The van der Waals surface area contributed by atoms with Gasteiger partial charge < -0.3 is 4.74 Å². The Labute approximate surface area is 131 Å². The summed E-state index contributed by atoms with van der Waals surface area (Å²) in [6.07, 6.45) is -0.0765. The summed E-state index contributed by atoms with van der Waals surface area (Å²) in [6.45, 7) is 3.12. The first-order chi connectivity index (χ1) is 10.6. The lowest BCUT2D eigenvalue weighted by Gasteiger charge is -2.30. The Balaban J connectivity index is 2.05. The van der Waals surface area contributed by atoms with E-state index in [1.54, 1.807) is 12.1 Å². The van der Waals surface area contributed by atoms with Gasteiger partial charge in [0.2, 0.25) is 10.0 Å². The zero-order chi connectivity index (χ0) is 15.6. The van der Waals surface area contributed by atoms with Crippen molar-refractivity contribution in [2.75, 3.05) is 19.7 Å². The van der Waals surface area contributed by atoms with Gasteiger partial charge in [0.15, 0.2) is 0 Å². The van der Waals surface area contributed by atoms with Crippen LogP contribution in [0.25, 0.3) is 11.1 Å². The van der Waals surface area contributed by atoms with E-state index in [0.717, 1.165) is 11.1 Å². The zero-order valence-corrected chi connectivity index (χ0v) is 13.3. The average molecular weight is 317 g/mol. The number of hydrogen-bond acceptors (Lipinski definition) is 3. The fourth-order valence-corrected chi connectivity index (χ4v) is 4.41. The van der Waals surface area contributed by atoms with Crippen molar-refractivity contribution in [3.05, 3.63) is 54.6 Å². The molecule has 4 nitrogen and oxygen atoms in total. The summed E-state index contributed by atoms with van der Waals surface area (Å²) in [5.74, 6) is 0. The highest BCUT2D eigenvalue weighted by molar-refractivity contribution is 7.89. The second-order valence-corrected chi connectivity index (χ2v) is 7.31. The minimum Gasteiger partial charge on any atom is -0.376 e. The number of benzene rings is 2. The van der Waals surface area contributed by atoms with Gasteiger partial charge in [-0.05, 0) is 18.6 Å². The summed E-state index contributed by atoms with van der Waals surface area (Å²) in [4.78, 5) is 0.357. The Morgan fingerprint density at radius 2 is 1.73 bits per heavy atom. The average Bonchev–Trinajstić information content (AvgIpc) is 2.56. The fourth-order valence-electron chi connectivity index (χ4n) is 2.69. The summed E-state index contributed by atoms with van der Waals surface area (Å²) in [5.41, 5.74) is 1.64. The molecule has 0 aliphatic carbocycles. The highest BCUT2D eigenvalue weighted by atomic mass is 32.2. The van der Waals surface area contributed by atoms with Crippen LogP contribution in [0.4, 0.5) is 0 Å². The predicted octanol–water partition coefficient (Wildman–Crippen LogP) is 2.76. The summed E-state index contributed by atoms with van der Waals surface area (Å²) in [5, 5.41) is 0. The highest BCUT2D eigenvalue weighted by Crippen LogP contribution is 2.29. The van der Waals surface area contributed by atoms with Crippen molar-refractivity contribution in [3.63, 3.8) is 0 Å². The number of sulfonamides is 1. The van der Waals surface area contributed by atoms with E-state index < -0.39 is 10.0 Å². The predicted molar refractivity (Wildman–Crippen MR) is 86.1 cm³/mol. The quantitative estimate of drug-likeness (QED) is 0.874. The van der Waals surface area contributed by atoms with Crippen LogP contribution in [-0.2, 0) is 14.8 Å². The monoisotopic (exact) mass is 317 g/mol. The third-order valence-corrected chi connectivity index (χ3v) is 5.72. The van der Waals surface area contributed by atoms with E-state index in [1.807, 2.05) is 49.4 Å². The molecule has 5 heteroatoms. The van der Waals surface area contributed by atoms with Crippen molar-refractivity contribution < 1.29 is 13.2 Å². The van der Waals surface area contributed by atoms with Crippen LogP contribution in [0.1, 0.15) is 6.92 Å². The lowest BCUT2D eigenvalue weighted by Crippen LogP contribution is -2.44. The van der Waals surface area contributed by atoms with E-state index >= 15 is 0 Å². The first kappa shape index (κ1) is 15.2. The largest absolute Gasteiger partial charge is 0.376 e. The topological polar surface area (TPSA) is 46.6 Å². The molecule has 1 saturated heterocycles. The molecule has 0 saturated carbocycles. The molecular formula is C17H19NO3S. The molecule has 2 aromatic rings. The first-order valence-electron chi connectivity index (χ1n) is 7.35. The van der Waals surface area contributed by atoms with Crippen LogP contribution in [-0.4, -0.2) is 38.5 Å². The van der Waals surface area contributed by atoms with Gasteiger partial charge in [-0.25, -0.2) is 8.42 Å². The van der Waals surface area contributed by atoms with Crippen LogP contribution in [0, 0.1) is 0 Å². The third kappa shape index (κ3) is 2.92. The lowest BCUT2D eigenvalue weighted by atomic mass is 10.1. The Kier molecular flexibility index (Phi) is 4.29. The van der Waals surface area contributed by atoms with E-state index in [9.17, 15) is 8.42 Å². The van der Waals surface area contributed by atoms with Crippen LogP contribution in [0.15, 0.2) is 59.5 Å². The van der Waals surface area contributed by atoms with Crippen LogP contribution >= 0.6 is 0 Å². The van der Waals surface area contributed by atoms with Gasteiger partial charge in [0, 0.05) is 18.7 Å². The number of nitrogens with zero attached hydrogens (tertiary/aromatic N) is 1. The van der Waals surface area contributed by atoms with Gasteiger partial charge in [0.1, 0.15) is 0 Å². The fraction of sp³-hybridized carbons (Fsp3) is 0.294. The zero-order valence-electron chi connectivity index (χ0n) is 12.5. The van der Waals surface area contributed by atoms with Gasteiger partial charge in [-0.15, -0.1) is 0 Å². The van der Waals surface area contributed by atoms with Crippen molar-refractivity contribution in [1.29, 1.82) is 0 Å². The minimum absolute atomic E-state index is 0.0765. The number of ether oxygens (including phenoxy) is 1. The Morgan fingerprint density at radius 1 is 1.05 bits per heavy atom. The SMILES string of the molecule is CC1CN(S(=O)(=O)c2ccccc2-c2ccccc2)CCO1. The molecule has 1 atom stereocenters. The Hall–Kier alpha value is -1.69. The molecule has 1 aliphatic heterocycles. The molecule has 22 heavy (non-hydrogen) atoms. The molecule has 0 N–H and O–H groups in total. The maximum atomic E-state index is 13.0. The number of morpholine rings is 1. The summed E-state index contributed by atoms with van der Waals surface area (Å²) in [7, 11) is -3.52. The molecule has 0 spiro atoms. The second kappa shape index (κ2) is 6.20. The van der Waals surface area contributed by atoms with Crippen molar-refractivity contribution in [1.82, 2.24) is 4.31 Å². The van der Waals surface area contributed by atoms with E-state index in [1.165, 1.54) is 4.31 Å². The molecule has 1 fully saturated rings. The standard InChI is InChI=1S/C17H19NO3S/c1-14-13-18(11-12-21-14)22(19,20)17-10-6-5-9-16(17)15-7-3-2-4-8-15/h2-10,14H,11-13H2,1H3. The van der Waals surface area contributed by atoms with Gasteiger partial charge in [0.05, 0.1) is 17.6 Å². The van der Waals surface area contributed by atoms with Crippen molar-refractivity contribution in [3.8, 4) is 11.1 Å². The third-order valence-electron chi connectivity index (χ3n) is 3.79. The maximum Gasteiger partial charge on any atom is 0.243 e. The lowest BCUT2D eigenvalue weighted by molar-refractivity contribution is 0.0102. The Morgan fingerprint density at radius 3 is 2.45 bits per heavy atom. The molecule has 116 valence electrons. The summed E-state index contributed by atoms with van der Waals surface area (Å²) < 4.78 is 33.0. The van der Waals surface area contributed by atoms with E-state index in [0.29, 0.717) is 24.6 Å². The molecule has 2 aromatic carbocycles. The molecule has 1 unspecified atom stereocenters. The van der Waals surface area contributed by atoms with Crippen molar-refractivity contribution >= 4 is 10.0 Å². The van der Waals surface area contributed by atoms with Gasteiger partial charge in [-0.1, -0.05) is 48.5 Å². The number of rotatable bonds is 3. The van der Waals surface area contributed by atoms with Crippen LogP contribution in [0.5, 0.6) is 0 Å². The van der Waals surface area contributed by atoms with E-state index in [4.69, 9.17) is 4.74 Å². The molecule has 0 radical (unpaired) electrons. The van der Waals surface area contributed by atoms with Gasteiger partial charge in [-0.2, -0.15) is 4.31 Å². The number of hydrogen-bond donors (Lipinski definition) is 0. The molecule has 0 bridgehead atoms. The van der Waals surface area contributed by atoms with Gasteiger partial charge in [0.25, 0.3) is 0 Å². The molecule has 1 aliphatic rings. The molecule has 1 heterocycles. The molecular weight excluding hydrogens is 298 g/mol. The highest BCUT2D eigenvalue weighted by Gasteiger charge is 2.30. The first-order valence-corrected chi connectivity index (χ1v) is 8.79. The minimum atomic E-state index is -3.52. The van der Waals surface area contributed by atoms with Crippen LogP contribution in [0.2, 0.25) is 0 Å². The second-order valence-electron chi connectivity index (χ2n) is 5.41. The van der Waals surface area contributed by atoms with Gasteiger partial charge >= 0.3 is 0 Å². The smallest absolute Gasteiger partial charge is 0.243 e. The summed E-state index contributed by atoms with van der Waals surface area (Å²) in [6, 6.07) is 16.8. The van der Waals surface area contributed by atoms with Crippen molar-refractivity contribution in [2.24, 2.45) is 0 Å². The summed E-state index contributed by atoms with van der Waals surface area (Å²) >= 11 is 0. The Bertz CT molecular complexity index is 744. The molecule has 3 rings (SSSR count). The van der Waals surface area contributed by atoms with E-state index in [2.05, 4.69) is 0 Å². The van der Waals surface area contributed by atoms with Gasteiger partial charge in [-0.3, -0.25) is 0 Å². The molecule has 0 amide bonds.